The van der Waals surface area contributed by atoms with E-state index in [1.165, 1.54) is 0 Å². The Bertz CT molecular complexity index is 1130. The molecule has 2 heterocycles. The second-order valence-electron chi connectivity index (χ2n) is 8.11. The molecule has 1 aliphatic heterocycles. The first kappa shape index (κ1) is 23.2. The van der Waals surface area contributed by atoms with E-state index >= 15 is 0 Å². The normalized spacial score (nSPS) is 16.8. The smallest absolute Gasteiger partial charge is 0.242 e. The zero-order valence-electron chi connectivity index (χ0n) is 18.4. The highest BCUT2D eigenvalue weighted by Gasteiger charge is 2.32. The average Bonchev–Trinajstić information content (AvgIpc) is 3.34. The molecule has 1 amide bonds. The number of nitrogens with one attached hydrogen (secondary N) is 1. The maximum Gasteiger partial charge on any atom is 0.242 e. The molecule has 1 N–H and O–H groups in total. The summed E-state index contributed by atoms with van der Waals surface area (Å²) >= 11 is 0. The summed E-state index contributed by atoms with van der Waals surface area (Å²) in [5.74, 6) is 0.781. The summed E-state index contributed by atoms with van der Waals surface area (Å²) in [6.45, 7) is 1.91. The highest BCUT2D eigenvalue weighted by Crippen LogP contribution is 2.23. The molecule has 1 aromatic heterocycles. The van der Waals surface area contributed by atoms with Crippen LogP contribution in [-0.4, -0.2) is 43.8 Å². The Balaban J connectivity index is 1.38. The van der Waals surface area contributed by atoms with Gasteiger partial charge in [-0.05, 0) is 28.8 Å². The number of hydrogen-bond donors (Lipinski definition) is 1. The van der Waals surface area contributed by atoms with Crippen molar-refractivity contribution in [3.05, 3.63) is 95.4 Å². The van der Waals surface area contributed by atoms with Gasteiger partial charge in [-0.15, -0.1) is 0 Å². The molecule has 7 nitrogen and oxygen atoms in total. The Labute approximate surface area is 194 Å². The summed E-state index contributed by atoms with van der Waals surface area (Å²) in [6, 6.07) is 20.6. The molecule has 174 valence electrons. The molecule has 1 saturated heterocycles. The van der Waals surface area contributed by atoms with Crippen molar-refractivity contribution >= 4 is 15.7 Å². The first-order valence-corrected chi connectivity index (χ1v) is 12.8. The fourth-order valence-electron chi connectivity index (χ4n) is 3.93. The average molecular weight is 469 g/mol. The zero-order chi connectivity index (χ0) is 23.1. The predicted octanol–water partition coefficient (Wildman–Crippen LogP) is 3.08. The van der Waals surface area contributed by atoms with Crippen LogP contribution in [0.3, 0.4) is 0 Å². The van der Waals surface area contributed by atoms with Crippen LogP contribution >= 0.6 is 0 Å². The van der Waals surface area contributed by atoms with Crippen LogP contribution < -0.4 is 5.32 Å². The molecule has 0 spiro atoms. The number of carbonyl (C=O) groups excluding carboxylic acids is 1. The molecule has 0 bridgehead atoms. The van der Waals surface area contributed by atoms with E-state index in [-0.39, 0.29) is 17.4 Å². The van der Waals surface area contributed by atoms with Gasteiger partial charge in [0.1, 0.15) is 18.4 Å². The topological polar surface area (TPSA) is 88.8 Å². The van der Waals surface area contributed by atoms with E-state index in [0.29, 0.717) is 32.8 Å². The lowest BCUT2D eigenvalue weighted by atomic mass is 10.0. The van der Waals surface area contributed by atoms with Crippen molar-refractivity contribution in [1.82, 2.24) is 10.2 Å². The largest absolute Gasteiger partial charge is 0.467 e. The van der Waals surface area contributed by atoms with Crippen LogP contribution in [0.4, 0.5) is 0 Å². The van der Waals surface area contributed by atoms with Gasteiger partial charge >= 0.3 is 0 Å². The maximum atomic E-state index is 13.2. The number of carbonyl (C=O) groups is 1. The number of benzene rings is 2. The van der Waals surface area contributed by atoms with Gasteiger partial charge in [0.25, 0.3) is 0 Å². The van der Waals surface area contributed by atoms with E-state index < -0.39 is 15.9 Å². The SMILES string of the molecule is O=C(NCc1cccc(COCc2ccco2)c1)C(c1ccccc1)N1CCS(=O)(=O)CC1. The summed E-state index contributed by atoms with van der Waals surface area (Å²) in [6.07, 6.45) is 1.62. The van der Waals surface area contributed by atoms with Gasteiger partial charge in [0.2, 0.25) is 5.91 Å². The van der Waals surface area contributed by atoms with E-state index in [2.05, 4.69) is 5.32 Å². The first-order chi connectivity index (χ1) is 16.0. The molecule has 0 radical (unpaired) electrons. The van der Waals surface area contributed by atoms with Crippen molar-refractivity contribution in [3.63, 3.8) is 0 Å². The van der Waals surface area contributed by atoms with Crippen LogP contribution in [0.25, 0.3) is 0 Å². The number of ether oxygens (including phenoxy) is 1. The summed E-state index contributed by atoms with van der Waals surface area (Å²) in [7, 11) is -3.03. The van der Waals surface area contributed by atoms with E-state index in [4.69, 9.17) is 9.15 Å². The van der Waals surface area contributed by atoms with Crippen LogP contribution in [0.15, 0.2) is 77.4 Å². The van der Waals surface area contributed by atoms with E-state index in [1.54, 1.807) is 6.26 Å². The van der Waals surface area contributed by atoms with E-state index in [1.807, 2.05) is 71.6 Å². The molecule has 0 saturated carbocycles. The third kappa shape index (κ3) is 6.54. The Hall–Kier alpha value is -2.94. The quantitative estimate of drug-likeness (QED) is 0.519. The molecule has 1 fully saturated rings. The van der Waals surface area contributed by atoms with E-state index in [0.717, 1.165) is 22.5 Å². The van der Waals surface area contributed by atoms with Gasteiger partial charge in [-0.2, -0.15) is 0 Å². The fourth-order valence-corrected chi connectivity index (χ4v) is 5.16. The van der Waals surface area contributed by atoms with Crippen LogP contribution in [0.1, 0.15) is 28.5 Å². The van der Waals surface area contributed by atoms with Gasteiger partial charge in [-0.1, -0.05) is 54.6 Å². The fraction of sp³-hybridized carbons (Fsp3) is 0.320. The molecule has 3 aromatic rings. The lowest BCUT2D eigenvalue weighted by Gasteiger charge is -2.33. The molecule has 1 aliphatic rings. The minimum atomic E-state index is -3.03. The van der Waals surface area contributed by atoms with Crippen molar-refractivity contribution in [3.8, 4) is 0 Å². The monoisotopic (exact) mass is 468 g/mol. The minimum Gasteiger partial charge on any atom is -0.467 e. The van der Waals surface area contributed by atoms with Gasteiger partial charge in [-0.25, -0.2) is 8.42 Å². The standard InChI is InChI=1S/C25H28N2O5S/c28-25(24(22-8-2-1-3-9-22)27-11-14-33(29,30)15-12-27)26-17-20-6-4-7-21(16-20)18-31-19-23-10-5-13-32-23/h1-10,13,16,24H,11-12,14-15,17-19H2,(H,26,28). The molecule has 1 unspecified atom stereocenters. The second kappa shape index (κ2) is 10.8. The number of rotatable bonds is 9. The first-order valence-electron chi connectivity index (χ1n) is 11.0. The molecule has 2 aromatic carbocycles. The Morgan fingerprint density at radius 3 is 2.45 bits per heavy atom. The molecule has 0 aliphatic carbocycles. The number of hydrogen-bond acceptors (Lipinski definition) is 6. The summed E-state index contributed by atoms with van der Waals surface area (Å²) in [5.41, 5.74) is 2.83. The summed E-state index contributed by atoms with van der Waals surface area (Å²) in [4.78, 5) is 15.2. The maximum absolute atomic E-state index is 13.2. The molecule has 4 rings (SSSR count). The Morgan fingerprint density at radius 2 is 1.73 bits per heavy atom. The van der Waals surface area contributed by atoms with Crippen LogP contribution in [0.5, 0.6) is 0 Å². The molecular weight excluding hydrogens is 440 g/mol. The highest BCUT2D eigenvalue weighted by molar-refractivity contribution is 7.91. The predicted molar refractivity (Wildman–Crippen MR) is 125 cm³/mol. The van der Waals surface area contributed by atoms with Crippen LogP contribution in [0.2, 0.25) is 0 Å². The Kier molecular flexibility index (Phi) is 7.59. The highest BCUT2D eigenvalue weighted by atomic mass is 32.2. The molecular formula is C25H28N2O5S. The minimum absolute atomic E-state index is 0.0731. The molecule has 1 atom stereocenters. The number of amides is 1. The number of nitrogens with zero attached hydrogens (tertiary/aromatic N) is 1. The van der Waals surface area contributed by atoms with Gasteiger partial charge in [0.15, 0.2) is 9.84 Å². The van der Waals surface area contributed by atoms with Gasteiger partial charge in [0, 0.05) is 19.6 Å². The van der Waals surface area contributed by atoms with Crippen molar-refractivity contribution in [2.75, 3.05) is 24.6 Å². The Morgan fingerprint density at radius 1 is 0.970 bits per heavy atom. The van der Waals surface area contributed by atoms with Crippen molar-refractivity contribution in [2.24, 2.45) is 0 Å². The van der Waals surface area contributed by atoms with Crippen LogP contribution in [-0.2, 0) is 39.1 Å². The van der Waals surface area contributed by atoms with Gasteiger partial charge in [-0.3, -0.25) is 9.69 Å². The lowest BCUT2D eigenvalue weighted by molar-refractivity contribution is -0.126. The number of sulfone groups is 1. The summed E-state index contributed by atoms with van der Waals surface area (Å²) in [5, 5.41) is 3.04. The van der Waals surface area contributed by atoms with Crippen molar-refractivity contribution in [2.45, 2.75) is 25.8 Å². The molecule has 33 heavy (non-hydrogen) atoms. The third-order valence-corrected chi connectivity index (χ3v) is 7.27. The van der Waals surface area contributed by atoms with Gasteiger partial charge < -0.3 is 14.5 Å². The third-order valence-electron chi connectivity index (χ3n) is 5.66. The lowest BCUT2D eigenvalue weighted by Crippen LogP contribution is -2.47. The second-order valence-corrected chi connectivity index (χ2v) is 10.4. The van der Waals surface area contributed by atoms with E-state index in [9.17, 15) is 13.2 Å². The summed E-state index contributed by atoms with van der Waals surface area (Å²) < 4.78 is 34.7. The van der Waals surface area contributed by atoms with Crippen molar-refractivity contribution < 1.29 is 22.4 Å². The number of furan rings is 1. The van der Waals surface area contributed by atoms with Crippen molar-refractivity contribution in [1.29, 1.82) is 0 Å². The van der Waals surface area contributed by atoms with Gasteiger partial charge in [0.05, 0.1) is 24.4 Å². The van der Waals surface area contributed by atoms with Crippen LogP contribution in [0, 0.1) is 0 Å². The molecule has 8 heteroatoms. The zero-order valence-corrected chi connectivity index (χ0v) is 19.2.